The molecule has 0 heterocycles. The number of hydrogen-bond acceptors (Lipinski definition) is 2. The number of carbonyl (C=O) groups is 1. The molecule has 0 aliphatic heterocycles. The minimum absolute atomic E-state index is 0.539. The van der Waals surface area contributed by atoms with Gasteiger partial charge in [0.2, 0.25) is 0 Å². The molecule has 1 unspecified atom stereocenters. The third-order valence-electron chi connectivity index (χ3n) is 6.24. The van der Waals surface area contributed by atoms with E-state index in [0.29, 0.717) is 5.41 Å². The van der Waals surface area contributed by atoms with E-state index in [2.05, 4.69) is 24.3 Å². The number of rotatable bonds is 4. The van der Waals surface area contributed by atoms with E-state index >= 15 is 0 Å². The Bertz CT molecular complexity index is 958. The molecule has 1 spiro atoms. The molecule has 1 atom stereocenters. The topological polar surface area (TPSA) is 46.5 Å². The minimum Gasteiger partial charge on any atom is -0.479 e. The minimum atomic E-state index is -0.975. The second kappa shape index (κ2) is 6.73. The van der Waals surface area contributed by atoms with Crippen molar-refractivity contribution < 1.29 is 14.6 Å². The molecular formula is C25H30O3. The Kier molecular flexibility index (Phi) is 4.62. The summed E-state index contributed by atoms with van der Waals surface area (Å²) in [4.78, 5) is 12.3. The molecule has 0 radical (unpaired) electrons. The van der Waals surface area contributed by atoms with Crippen LogP contribution in [0.15, 0.2) is 36.4 Å². The van der Waals surface area contributed by atoms with Crippen molar-refractivity contribution >= 4 is 22.3 Å². The number of hydrogen-bond donors (Lipinski definition) is 1. The van der Waals surface area contributed by atoms with Gasteiger partial charge in [0.1, 0.15) is 0 Å². The quantitative estimate of drug-likeness (QED) is 0.666. The van der Waals surface area contributed by atoms with Crippen LogP contribution in [0.4, 0.5) is 0 Å². The van der Waals surface area contributed by atoms with Gasteiger partial charge in [0.05, 0.1) is 5.60 Å². The summed E-state index contributed by atoms with van der Waals surface area (Å²) in [6.07, 6.45) is 7.41. The summed E-state index contributed by atoms with van der Waals surface area (Å²) in [5, 5.41) is 12.3. The molecule has 3 nitrogen and oxygen atoms in total. The van der Waals surface area contributed by atoms with E-state index in [-0.39, 0.29) is 0 Å². The SMILES string of the molecule is Cc1cc2ccccc2c(C2=CCC3(CC2)CC3)c1C(OC(C)(C)C)C(=O)O. The van der Waals surface area contributed by atoms with Crippen LogP contribution in [-0.2, 0) is 9.53 Å². The van der Waals surface area contributed by atoms with E-state index in [0.717, 1.165) is 40.3 Å². The maximum absolute atomic E-state index is 12.3. The summed E-state index contributed by atoms with van der Waals surface area (Å²) >= 11 is 0. The average molecular weight is 379 g/mol. The van der Waals surface area contributed by atoms with Crippen LogP contribution in [0.2, 0.25) is 0 Å². The Morgan fingerprint density at radius 1 is 1.18 bits per heavy atom. The zero-order valence-electron chi connectivity index (χ0n) is 17.3. The first-order valence-electron chi connectivity index (χ1n) is 10.3. The molecule has 0 bridgehead atoms. The molecule has 4 rings (SSSR count). The fourth-order valence-corrected chi connectivity index (χ4v) is 4.58. The van der Waals surface area contributed by atoms with Crippen molar-refractivity contribution in [2.24, 2.45) is 5.41 Å². The molecule has 3 heteroatoms. The third-order valence-corrected chi connectivity index (χ3v) is 6.24. The van der Waals surface area contributed by atoms with E-state index in [1.165, 1.54) is 24.8 Å². The predicted molar refractivity (Wildman–Crippen MR) is 113 cm³/mol. The largest absolute Gasteiger partial charge is 0.479 e. The van der Waals surface area contributed by atoms with Crippen LogP contribution in [0.3, 0.4) is 0 Å². The highest BCUT2D eigenvalue weighted by Gasteiger charge is 2.43. The summed E-state index contributed by atoms with van der Waals surface area (Å²) < 4.78 is 6.07. The summed E-state index contributed by atoms with van der Waals surface area (Å²) in [7, 11) is 0. The number of carboxylic acids is 1. The standard InChI is InChI=1S/C25H30O3/c1-16-15-18-7-5-6-8-19(18)21(17-9-11-25(12-10-17)13-14-25)20(16)22(23(26)27)28-24(2,3)4/h5-9,15,22H,10-14H2,1-4H3,(H,26,27). The smallest absolute Gasteiger partial charge is 0.337 e. The van der Waals surface area contributed by atoms with Crippen molar-refractivity contribution in [3.63, 3.8) is 0 Å². The second-order valence-electron chi connectivity index (χ2n) is 9.59. The zero-order chi connectivity index (χ0) is 20.1. The maximum Gasteiger partial charge on any atom is 0.337 e. The molecule has 2 aliphatic rings. The summed E-state index contributed by atoms with van der Waals surface area (Å²) in [5.41, 5.74) is 4.17. The van der Waals surface area contributed by atoms with Crippen molar-refractivity contribution in [1.82, 2.24) is 0 Å². The number of carboxylic acid groups (broad SMARTS) is 1. The van der Waals surface area contributed by atoms with Gasteiger partial charge in [-0.2, -0.15) is 0 Å². The summed E-state index contributed by atoms with van der Waals surface area (Å²) in [6.45, 7) is 7.75. The van der Waals surface area contributed by atoms with Gasteiger partial charge in [-0.15, -0.1) is 0 Å². The first-order chi connectivity index (χ1) is 13.2. The van der Waals surface area contributed by atoms with Crippen LogP contribution in [-0.4, -0.2) is 16.7 Å². The Labute approximate surface area is 167 Å². The van der Waals surface area contributed by atoms with Crippen molar-refractivity contribution in [3.8, 4) is 0 Å². The van der Waals surface area contributed by atoms with Gasteiger partial charge >= 0.3 is 5.97 Å². The van der Waals surface area contributed by atoms with Crippen molar-refractivity contribution in [2.75, 3.05) is 0 Å². The molecular weight excluding hydrogens is 348 g/mol. The van der Waals surface area contributed by atoms with Crippen LogP contribution in [0.1, 0.15) is 75.7 Å². The Morgan fingerprint density at radius 3 is 2.46 bits per heavy atom. The predicted octanol–water partition coefficient (Wildman–Crippen LogP) is 6.44. The molecule has 1 fully saturated rings. The van der Waals surface area contributed by atoms with Gasteiger partial charge in [-0.1, -0.05) is 36.4 Å². The Morgan fingerprint density at radius 2 is 1.89 bits per heavy atom. The van der Waals surface area contributed by atoms with Crippen LogP contribution in [0, 0.1) is 12.3 Å². The molecule has 0 amide bonds. The van der Waals surface area contributed by atoms with E-state index in [4.69, 9.17) is 4.74 Å². The number of ether oxygens (including phenoxy) is 1. The number of aliphatic carboxylic acids is 1. The van der Waals surface area contributed by atoms with Gasteiger partial charge in [0.25, 0.3) is 0 Å². The van der Waals surface area contributed by atoms with E-state index < -0.39 is 17.7 Å². The van der Waals surface area contributed by atoms with Crippen LogP contribution < -0.4 is 0 Å². The normalized spacial score (nSPS) is 19.5. The molecule has 0 aromatic heterocycles. The lowest BCUT2D eigenvalue weighted by Gasteiger charge is -2.30. The van der Waals surface area contributed by atoms with Crippen molar-refractivity contribution in [1.29, 1.82) is 0 Å². The first kappa shape index (κ1) is 19.2. The first-order valence-corrected chi connectivity index (χ1v) is 10.3. The van der Waals surface area contributed by atoms with E-state index in [9.17, 15) is 9.90 Å². The lowest BCUT2D eigenvalue weighted by Crippen LogP contribution is -2.28. The van der Waals surface area contributed by atoms with Gasteiger partial charge in [-0.05, 0) is 92.7 Å². The molecule has 1 N–H and O–H groups in total. The number of aryl methyl sites for hydroxylation is 1. The lowest BCUT2D eigenvalue weighted by atomic mass is 9.79. The van der Waals surface area contributed by atoms with Crippen LogP contribution in [0.25, 0.3) is 16.3 Å². The number of benzene rings is 2. The van der Waals surface area contributed by atoms with Gasteiger partial charge in [-0.25, -0.2) is 4.79 Å². The second-order valence-corrected chi connectivity index (χ2v) is 9.59. The molecule has 2 aliphatic carbocycles. The van der Waals surface area contributed by atoms with Gasteiger partial charge in [0.15, 0.2) is 6.10 Å². The Balaban J connectivity index is 1.93. The highest BCUT2D eigenvalue weighted by atomic mass is 16.5. The monoisotopic (exact) mass is 378 g/mol. The summed E-state index contributed by atoms with van der Waals surface area (Å²) in [5.74, 6) is -0.926. The van der Waals surface area contributed by atoms with Crippen molar-refractivity contribution in [2.45, 2.75) is 71.5 Å². The molecule has 148 valence electrons. The zero-order valence-corrected chi connectivity index (χ0v) is 17.3. The van der Waals surface area contributed by atoms with E-state index in [1.807, 2.05) is 39.8 Å². The van der Waals surface area contributed by atoms with Gasteiger partial charge in [-0.3, -0.25) is 0 Å². The van der Waals surface area contributed by atoms with Gasteiger partial charge in [0, 0.05) is 5.56 Å². The fourth-order valence-electron chi connectivity index (χ4n) is 4.58. The van der Waals surface area contributed by atoms with Crippen LogP contribution in [0.5, 0.6) is 0 Å². The fraction of sp³-hybridized carbons (Fsp3) is 0.480. The molecule has 0 saturated heterocycles. The molecule has 2 aromatic carbocycles. The lowest BCUT2D eigenvalue weighted by molar-refractivity contribution is -0.160. The third kappa shape index (κ3) is 3.60. The highest BCUT2D eigenvalue weighted by Crippen LogP contribution is 2.57. The Hall–Kier alpha value is -2.13. The number of fused-ring (bicyclic) bond motifs is 1. The highest BCUT2D eigenvalue weighted by molar-refractivity contribution is 5.98. The van der Waals surface area contributed by atoms with Crippen LogP contribution >= 0.6 is 0 Å². The molecule has 28 heavy (non-hydrogen) atoms. The molecule has 1 saturated carbocycles. The van der Waals surface area contributed by atoms with Gasteiger partial charge < -0.3 is 9.84 Å². The molecule has 2 aromatic rings. The van der Waals surface area contributed by atoms with E-state index in [1.54, 1.807) is 0 Å². The summed E-state index contributed by atoms with van der Waals surface area (Å²) in [6, 6.07) is 10.4. The maximum atomic E-state index is 12.3. The van der Waals surface area contributed by atoms with Crippen molar-refractivity contribution in [3.05, 3.63) is 53.1 Å². The number of allylic oxidation sites excluding steroid dienone is 2. The average Bonchev–Trinajstić information content (AvgIpc) is 3.38.